The second kappa shape index (κ2) is 4.94. The molecular formula is C12H11BrClN3. The Labute approximate surface area is 113 Å². The van der Waals surface area contributed by atoms with Gasteiger partial charge in [0.1, 0.15) is 0 Å². The Kier molecular flexibility index (Phi) is 3.54. The Balaban J connectivity index is 2.31. The van der Waals surface area contributed by atoms with E-state index < -0.39 is 0 Å². The second-order valence-electron chi connectivity index (χ2n) is 3.73. The summed E-state index contributed by atoms with van der Waals surface area (Å²) in [6, 6.07) is 7.68. The van der Waals surface area contributed by atoms with Crippen molar-refractivity contribution in [3.8, 4) is 0 Å². The molecule has 0 saturated heterocycles. The van der Waals surface area contributed by atoms with Gasteiger partial charge >= 0.3 is 0 Å². The average Bonchev–Trinajstić information content (AvgIpc) is 2.21. The van der Waals surface area contributed by atoms with Gasteiger partial charge in [0.25, 0.3) is 0 Å². The largest absolute Gasteiger partial charge is 0.396 e. The summed E-state index contributed by atoms with van der Waals surface area (Å²) in [6.07, 6.45) is 1.56. The van der Waals surface area contributed by atoms with E-state index in [0.29, 0.717) is 16.5 Å². The molecule has 2 rings (SSSR count). The van der Waals surface area contributed by atoms with Crippen LogP contribution in [0.1, 0.15) is 5.56 Å². The zero-order valence-electron chi connectivity index (χ0n) is 9.17. The van der Waals surface area contributed by atoms with E-state index in [1.165, 1.54) is 0 Å². The minimum absolute atomic E-state index is 0.523. The molecule has 17 heavy (non-hydrogen) atoms. The average molecular weight is 313 g/mol. The first kappa shape index (κ1) is 12.2. The Morgan fingerprint density at radius 1 is 1.29 bits per heavy atom. The lowest BCUT2D eigenvalue weighted by Gasteiger charge is -2.09. The third-order valence-electron chi connectivity index (χ3n) is 2.19. The van der Waals surface area contributed by atoms with Crippen LogP contribution in [0, 0.1) is 6.92 Å². The third kappa shape index (κ3) is 3.11. The molecular weight excluding hydrogens is 302 g/mol. The van der Waals surface area contributed by atoms with Crippen LogP contribution in [0.15, 0.2) is 34.9 Å². The number of anilines is 3. The highest BCUT2D eigenvalue weighted by Gasteiger charge is 2.03. The minimum Gasteiger partial charge on any atom is -0.396 e. The van der Waals surface area contributed by atoms with E-state index in [9.17, 15) is 0 Å². The molecule has 0 amide bonds. The lowest BCUT2D eigenvalue weighted by molar-refractivity contribution is 1.30. The van der Waals surface area contributed by atoms with Crippen LogP contribution in [0.2, 0.25) is 5.02 Å². The van der Waals surface area contributed by atoms with Crippen molar-refractivity contribution in [2.75, 3.05) is 11.1 Å². The molecule has 5 heteroatoms. The zero-order valence-corrected chi connectivity index (χ0v) is 11.5. The topological polar surface area (TPSA) is 50.9 Å². The molecule has 2 aromatic rings. The van der Waals surface area contributed by atoms with E-state index in [2.05, 4.69) is 26.2 Å². The predicted octanol–water partition coefficient (Wildman–Crippen LogP) is 4.13. The number of nitrogen functional groups attached to an aromatic ring is 1. The summed E-state index contributed by atoms with van der Waals surface area (Å²) in [7, 11) is 0. The smallest absolute Gasteiger partial charge is 0.153 e. The fourth-order valence-electron chi connectivity index (χ4n) is 1.50. The first-order valence-corrected chi connectivity index (χ1v) is 6.17. The van der Waals surface area contributed by atoms with Crippen LogP contribution in [0.3, 0.4) is 0 Å². The summed E-state index contributed by atoms with van der Waals surface area (Å²) < 4.78 is 1.01. The monoisotopic (exact) mass is 311 g/mol. The van der Waals surface area contributed by atoms with E-state index in [-0.39, 0.29) is 0 Å². The Morgan fingerprint density at radius 2 is 2.06 bits per heavy atom. The van der Waals surface area contributed by atoms with Crippen LogP contribution in [-0.2, 0) is 0 Å². The number of rotatable bonds is 2. The van der Waals surface area contributed by atoms with Crippen molar-refractivity contribution in [3.63, 3.8) is 0 Å². The van der Waals surface area contributed by atoms with Gasteiger partial charge in [0, 0.05) is 16.4 Å². The molecule has 0 atom stereocenters. The van der Waals surface area contributed by atoms with Gasteiger partial charge in [0.05, 0.1) is 10.7 Å². The molecule has 0 unspecified atom stereocenters. The number of nitrogens with two attached hydrogens (primary N) is 1. The lowest BCUT2D eigenvalue weighted by atomic mass is 10.2. The van der Waals surface area contributed by atoms with Crippen molar-refractivity contribution in [2.45, 2.75) is 6.92 Å². The highest BCUT2D eigenvalue weighted by atomic mass is 79.9. The van der Waals surface area contributed by atoms with E-state index in [4.69, 9.17) is 17.3 Å². The Morgan fingerprint density at radius 3 is 2.71 bits per heavy atom. The number of pyridine rings is 1. The molecule has 1 aromatic heterocycles. The van der Waals surface area contributed by atoms with Crippen molar-refractivity contribution < 1.29 is 0 Å². The molecule has 1 aromatic carbocycles. The predicted molar refractivity (Wildman–Crippen MR) is 75.8 cm³/mol. The number of aryl methyl sites for hydroxylation is 1. The molecule has 0 radical (unpaired) electrons. The van der Waals surface area contributed by atoms with Crippen molar-refractivity contribution in [2.24, 2.45) is 0 Å². The van der Waals surface area contributed by atoms with Gasteiger partial charge in [-0.3, -0.25) is 0 Å². The maximum absolute atomic E-state index is 5.82. The fourth-order valence-corrected chi connectivity index (χ4v) is 2.28. The highest BCUT2D eigenvalue weighted by molar-refractivity contribution is 9.10. The third-order valence-corrected chi connectivity index (χ3v) is 2.85. The summed E-state index contributed by atoms with van der Waals surface area (Å²) in [6.45, 7) is 2.02. The first-order chi connectivity index (χ1) is 8.04. The van der Waals surface area contributed by atoms with Gasteiger partial charge in [-0.05, 0) is 36.8 Å². The number of hydrogen-bond donors (Lipinski definition) is 2. The van der Waals surface area contributed by atoms with Gasteiger partial charge in [-0.2, -0.15) is 0 Å². The first-order valence-electron chi connectivity index (χ1n) is 5.00. The summed E-state index contributed by atoms with van der Waals surface area (Å²) >= 11 is 9.24. The molecule has 0 aliphatic heterocycles. The molecule has 0 fully saturated rings. The normalized spacial score (nSPS) is 10.3. The van der Waals surface area contributed by atoms with Crippen molar-refractivity contribution in [3.05, 3.63) is 45.5 Å². The van der Waals surface area contributed by atoms with Gasteiger partial charge < -0.3 is 11.1 Å². The fraction of sp³-hybridized carbons (Fsp3) is 0.0833. The Hall–Kier alpha value is -1.26. The van der Waals surface area contributed by atoms with E-state index in [1.54, 1.807) is 12.3 Å². The molecule has 3 nitrogen and oxygen atoms in total. The molecule has 88 valence electrons. The van der Waals surface area contributed by atoms with Gasteiger partial charge in [-0.15, -0.1) is 0 Å². The van der Waals surface area contributed by atoms with Crippen molar-refractivity contribution in [1.29, 1.82) is 0 Å². The van der Waals surface area contributed by atoms with Gasteiger partial charge in [-0.25, -0.2) is 4.98 Å². The number of hydrogen-bond acceptors (Lipinski definition) is 3. The van der Waals surface area contributed by atoms with Crippen molar-refractivity contribution in [1.82, 2.24) is 4.98 Å². The quantitative estimate of drug-likeness (QED) is 0.876. The van der Waals surface area contributed by atoms with Gasteiger partial charge in [0.2, 0.25) is 0 Å². The van der Waals surface area contributed by atoms with Crippen molar-refractivity contribution >= 4 is 44.7 Å². The van der Waals surface area contributed by atoms with E-state index in [1.807, 2.05) is 25.1 Å². The summed E-state index contributed by atoms with van der Waals surface area (Å²) in [5, 5.41) is 3.68. The van der Waals surface area contributed by atoms with E-state index >= 15 is 0 Å². The van der Waals surface area contributed by atoms with E-state index in [0.717, 1.165) is 15.7 Å². The molecule has 0 saturated carbocycles. The summed E-state index contributed by atoms with van der Waals surface area (Å²) in [4.78, 5) is 4.15. The number of nitrogens with one attached hydrogen (secondary N) is 1. The standard InChI is InChI=1S/C12H11BrClN3/c1-7-2-8(13)4-10(3-7)17-12-11(15)5-9(14)6-16-12/h2-6H,15H2,1H3,(H,16,17). The summed E-state index contributed by atoms with van der Waals surface area (Å²) in [5.74, 6) is 0.604. The number of halogens is 2. The van der Waals surface area contributed by atoms with Crippen LogP contribution in [0.25, 0.3) is 0 Å². The van der Waals surface area contributed by atoms with Crippen LogP contribution >= 0.6 is 27.5 Å². The molecule has 0 aliphatic rings. The lowest BCUT2D eigenvalue weighted by Crippen LogP contribution is -1.99. The SMILES string of the molecule is Cc1cc(Br)cc(Nc2ncc(Cl)cc2N)c1. The van der Waals surface area contributed by atoms with Gasteiger partial charge in [0.15, 0.2) is 5.82 Å². The minimum atomic E-state index is 0.523. The summed E-state index contributed by atoms with van der Waals surface area (Å²) in [5.41, 5.74) is 8.42. The number of aromatic nitrogens is 1. The molecule has 0 aliphatic carbocycles. The maximum atomic E-state index is 5.82. The highest BCUT2D eigenvalue weighted by Crippen LogP contribution is 2.26. The number of benzene rings is 1. The Bertz CT molecular complexity index is 537. The molecule has 0 spiro atoms. The number of nitrogens with zero attached hydrogens (tertiary/aromatic N) is 1. The molecule has 1 heterocycles. The molecule has 0 bridgehead atoms. The maximum Gasteiger partial charge on any atom is 0.153 e. The van der Waals surface area contributed by atoms with Crippen LogP contribution in [-0.4, -0.2) is 4.98 Å². The molecule has 3 N–H and O–H groups in total. The second-order valence-corrected chi connectivity index (χ2v) is 5.09. The van der Waals surface area contributed by atoms with Crippen LogP contribution in [0.5, 0.6) is 0 Å². The zero-order chi connectivity index (χ0) is 12.4. The van der Waals surface area contributed by atoms with Crippen LogP contribution in [0.4, 0.5) is 17.2 Å². The van der Waals surface area contributed by atoms with Crippen LogP contribution < -0.4 is 11.1 Å². The van der Waals surface area contributed by atoms with Gasteiger partial charge in [-0.1, -0.05) is 27.5 Å².